The van der Waals surface area contributed by atoms with Gasteiger partial charge in [-0.3, -0.25) is 14.4 Å². The Morgan fingerprint density at radius 2 is 1.59 bits per heavy atom. The molecule has 4 aromatic rings. The first-order valence-electron chi connectivity index (χ1n) is 19.7. The summed E-state index contributed by atoms with van der Waals surface area (Å²) in [5.74, 6) is -0.147. The first-order chi connectivity index (χ1) is 27.1. The van der Waals surface area contributed by atoms with Gasteiger partial charge in [0.1, 0.15) is 6.04 Å². The number of aromatic nitrogens is 4. The van der Waals surface area contributed by atoms with Crippen molar-refractivity contribution < 1.29 is 24.3 Å². The maximum Gasteiger partial charge on any atom is 0.404 e. The van der Waals surface area contributed by atoms with E-state index in [0.29, 0.717) is 42.5 Å². The molecule has 2 aliphatic rings. The number of amides is 4. The number of carbonyl (C=O) groups excluding carboxylic acids is 3. The highest BCUT2D eigenvalue weighted by Gasteiger charge is 2.30. The highest BCUT2D eigenvalue weighted by Crippen LogP contribution is 2.30. The van der Waals surface area contributed by atoms with E-state index in [1.165, 1.54) is 0 Å². The molecule has 14 heteroatoms. The number of hydrogen-bond donors (Lipinski definition) is 6. The zero-order valence-corrected chi connectivity index (χ0v) is 32.4. The molecular weight excluding hydrogens is 711 g/mol. The molecule has 1 aromatic heterocycles. The summed E-state index contributed by atoms with van der Waals surface area (Å²) < 4.78 is 0. The fraction of sp³-hybridized carbons (Fsp3) is 0.452. The third kappa shape index (κ3) is 10.6. The molecule has 0 unspecified atom stereocenters. The molecule has 6 rings (SSSR count). The lowest BCUT2D eigenvalue weighted by Crippen LogP contribution is -2.48. The maximum atomic E-state index is 13.8. The molecule has 296 valence electrons. The molecule has 3 aromatic carbocycles. The first kappa shape index (κ1) is 40.0. The van der Waals surface area contributed by atoms with Crippen LogP contribution in [0.5, 0.6) is 0 Å². The van der Waals surface area contributed by atoms with E-state index in [-0.39, 0.29) is 42.0 Å². The molecule has 0 spiro atoms. The van der Waals surface area contributed by atoms with Crippen molar-refractivity contribution in [2.45, 2.75) is 89.8 Å². The lowest BCUT2D eigenvalue weighted by atomic mass is 9.81. The molecule has 2 aliphatic carbocycles. The van der Waals surface area contributed by atoms with Gasteiger partial charge in [-0.25, -0.2) is 9.89 Å². The van der Waals surface area contributed by atoms with Gasteiger partial charge in [-0.15, -0.1) is 5.10 Å². The van der Waals surface area contributed by atoms with Crippen LogP contribution in [0.3, 0.4) is 0 Å². The molecule has 2 saturated carbocycles. The van der Waals surface area contributed by atoms with E-state index in [1.807, 2.05) is 49.4 Å². The number of benzene rings is 3. The van der Waals surface area contributed by atoms with Crippen molar-refractivity contribution in [2.75, 3.05) is 25.5 Å². The van der Waals surface area contributed by atoms with Gasteiger partial charge >= 0.3 is 6.09 Å². The highest BCUT2D eigenvalue weighted by atomic mass is 16.4. The Bertz CT molecular complexity index is 1940. The van der Waals surface area contributed by atoms with Gasteiger partial charge in [0.25, 0.3) is 5.91 Å². The molecule has 56 heavy (non-hydrogen) atoms. The van der Waals surface area contributed by atoms with Gasteiger partial charge < -0.3 is 31.3 Å². The van der Waals surface area contributed by atoms with Gasteiger partial charge in [0.15, 0.2) is 5.82 Å². The summed E-state index contributed by atoms with van der Waals surface area (Å²) in [4.78, 5) is 53.9. The van der Waals surface area contributed by atoms with Gasteiger partial charge in [0, 0.05) is 47.8 Å². The summed E-state index contributed by atoms with van der Waals surface area (Å²) in [7, 11) is 2.17. The fourth-order valence-corrected chi connectivity index (χ4v) is 7.95. The minimum atomic E-state index is -1.05. The van der Waals surface area contributed by atoms with Crippen LogP contribution in [0.1, 0.15) is 79.8 Å². The average molecular weight is 764 g/mol. The zero-order chi connectivity index (χ0) is 39.6. The Morgan fingerprint density at radius 3 is 2.21 bits per heavy atom. The number of nitrogens with one attached hydrogen (secondary N) is 5. The van der Waals surface area contributed by atoms with Gasteiger partial charge in [0.2, 0.25) is 11.8 Å². The van der Waals surface area contributed by atoms with E-state index in [9.17, 15) is 19.2 Å². The van der Waals surface area contributed by atoms with E-state index in [2.05, 4.69) is 60.8 Å². The number of aryl methyl sites for hydroxylation is 1. The molecule has 0 radical (unpaired) electrons. The summed E-state index contributed by atoms with van der Waals surface area (Å²) in [6.07, 6.45) is 6.08. The third-order valence-corrected chi connectivity index (χ3v) is 11.5. The van der Waals surface area contributed by atoms with E-state index in [0.717, 1.165) is 72.9 Å². The Morgan fingerprint density at radius 1 is 0.893 bits per heavy atom. The Labute approximate surface area is 327 Å². The molecule has 1 atom stereocenters. The quantitative estimate of drug-likeness (QED) is 0.0952. The van der Waals surface area contributed by atoms with Gasteiger partial charge in [-0.2, -0.15) is 0 Å². The van der Waals surface area contributed by atoms with Crippen LogP contribution in [0.15, 0.2) is 66.7 Å². The number of tetrazole rings is 1. The molecule has 1 heterocycles. The third-order valence-electron chi connectivity index (χ3n) is 11.5. The predicted octanol–water partition coefficient (Wildman–Crippen LogP) is 5.57. The van der Waals surface area contributed by atoms with E-state index < -0.39 is 12.1 Å². The monoisotopic (exact) mass is 763 g/mol. The Balaban J connectivity index is 1.10. The molecule has 2 fully saturated rings. The number of nitrogens with zero attached hydrogens (tertiary/aromatic N) is 4. The molecule has 0 saturated heterocycles. The van der Waals surface area contributed by atoms with Crippen molar-refractivity contribution in [3.8, 4) is 22.5 Å². The molecular formula is C42H53N9O5. The Hall–Kier alpha value is -5.63. The van der Waals surface area contributed by atoms with Crippen LogP contribution < -0.4 is 21.3 Å². The van der Waals surface area contributed by atoms with E-state index in [4.69, 9.17) is 5.11 Å². The second-order valence-corrected chi connectivity index (χ2v) is 15.3. The van der Waals surface area contributed by atoms with E-state index >= 15 is 0 Å². The van der Waals surface area contributed by atoms with Crippen LogP contribution in [-0.2, 0) is 16.0 Å². The van der Waals surface area contributed by atoms with Crippen LogP contribution in [0.25, 0.3) is 22.5 Å². The lowest BCUT2D eigenvalue weighted by molar-refractivity contribution is -0.130. The van der Waals surface area contributed by atoms with Crippen molar-refractivity contribution >= 4 is 29.5 Å². The summed E-state index contributed by atoms with van der Waals surface area (Å²) in [5.41, 5.74) is 5.83. The molecule has 6 N–H and O–H groups in total. The molecule has 4 amide bonds. The SMILES string of the molecule is CCN(C)C1CCC(NC(=O)c2ccc(-c3ccc(C[C@H](NC(=O)[C@H]4CC[C@H](CNC(=O)O)CC4)C(=O)Nc4ccc(-c5nnn[nH]5)cc4)cc3)c(C)c2)CC1. The minimum absolute atomic E-state index is 0.0417. The van der Waals surface area contributed by atoms with Crippen molar-refractivity contribution in [3.05, 3.63) is 83.4 Å². The number of aromatic amines is 1. The number of anilines is 1. The summed E-state index contributed by atoms with van der Waals surface area (Å²) >= 11 is 0. The van der Waals surface area contributed by atoms with Crippen molar-refractivity contribution in [2.24, 2.45) is 11.8 Å². The number of hydrogen-bond acceptors (Lipinski definition) is 8. The minimum Gasteiger partial charge on any atom is -0.465 e. The zero-order valence-electron chi connectivity index (χ0n) is 32.4. The molecule has 0 bridgehead atoms. The predicted molar refractivity (Wildman–Crippen MR) is 214 cm³/mol. The highest BCUT2D eigenvalue weighted by molar-refractivity contribution is 5.98. The van der Waals surface area contributed by atoms with Gasteiger partial charge in [0.05, 0.1) is 0 Å². The van der Waals surface area contributed by atoms with Crippen LogP contribution in [0.2, 0.25) is 0 Å². The number of H-pyrrole nitrogens is 1. The van der Waals surface area contributed by atoms with Crippen LogP contribution in [0.4, 0.5) is 10.5 Å². The number of rotatable bonds is 14. The van der Waals surface area contributed by atoms with Gasteiger partial charge in [-0.05, 0) is 147 Å². The number of carboxylic acid groups (broad SMARTS) is 1. The van der Waals surface area contributed by atoms with Gasteiger partial charge in [-0.1, -0.05) is 37.3 Å². The summed E-state index contributed by atoms with van der Waals surface area (Å²) in [5, 5.41) is 34.5. The van der Waals surface area contributed by atoms with Crippen molar-refractivity contribution in [3.63, 3.8) is 0 Å². The average Bonchev–Trinajstić information content (AvgIpc) is 3.76. The summed E-state index contributed by atoms with van der Waals surface area (Å²) in [6.45, 7) is 5.59. The largest absolute Gasteiger partial charge is 0.465 e. The second kappa shape index (κ2) is 18.8. The smallest absolute Gasteiger partial charge is 0.404 e. The summed E-state index contributed by atoms with van der Waals surface area (Å²) in [6, 6.07) is 20.8. The normalized spacial score (nSPS) is 20.1. The molecule has 0 aliphatic heterocycles. The van der Waals surface area contributed by atoms with Crippen molar-refractivity contribution in [1.29, 1.82) is 0 Å². The lowest BCUT2D eigenvalue weighted by Gasteiger charge is -2.34. The maximum absolute atomic E-state index is 13.8. The topological polar surface area (TPSA) is 194 Å². The van der Waals surface area contributed by atoms with Crippen molar-refractivity contribution in [1.82, 2.24) is 41.5 Å². The second-order valence-electron chi connectivity index (χ2n) is 15.3. The number of carbonyl (C=O) groups is 4. The van der Waals surface area contributed by atoms with Crippen LogP contribution in [-0.4, -0.2) is 92.7 Å². The molecule has 14 nitrogen and oxygen atoms in total. The van der Waals surface area contributed by atoms with Crippen LogP contribution >= 0.6 is 0 Å². The first-order valence-corrected chi connectivity index (χ1v) is 19.7. The van der Waals surface area contributed by atoms with E-state index in [1.54, 1.807) is 24.3 Å². The van der Waals surface area contributed by atoms with Crippen LogP contribution in [0, 0.1) is 18.8 Å². The fourth-order valence-electron chi connectivity index (χ4n) is 7.95. The standard InChI is InChI=1S/C42H53N9O5/c1-4-51(3)35-20-18-34(19-21-35)44-40(53)32-15-22-36(26(2)23-32)29-9-5-27(6-10-29)24-37(46-39(52)31-11-7-28(8-12-31)25-43-42(55)56)41(54)45-33-16-13-30(14-17-33)38-47-49-50-48-38/h5-6,9-10,13-17,22-23,28,31,34-35,37,43H,4,7-8,11-12,18-21,24-25H2,1-3H3,(H,44,53)(H,45,54)(H,46,52)(H,55,56)(H,47,48,49,50)/t28-,31-,34?,35?,37-/m0/s1. The Kier molecular flexibility index (Phi) is 13.4.